The van der Waals surface area contributed by atoms with Gasteiger partial charge in [-0.3, -0.25) is 9.10 Å². The molecular formula is C28H33N3O7S. The number of nitrogens with zero attached hydrogens (tertiary/aromatic N) is 2. The highest BCUT2D eigenvalue weighted by atomic mass is 32.2. The highest BCUT2D eigenvalue weighted by Crippen LogP contribution is 2.32. The normalized spacial score (nSPS) is 11.2. The number of sulfonamides is 1. The third kappa shape index (κ3) is 7.87. The van der Waals surface area contributed by atoms with Crippen molar-refractivity contribution in [1.82, 2.24) is 5.43 Å². The molecule has 10 nitrogen and oxygen atoms in total. The number of methoxy groups -OCH3 is 2. The van der Waals surface area contributed by atoms with Crippen molar-refractivity contribution in [2.45, 2.75) is 25.2 Å². The molecule has 0 aliphatic rings. The summed E-state index contributed by atoms with van der Waals surface area (Å²) in [5.74, 6) is 1.30. The number of carbonyl (C=O) groups excluding carboxylic acids is 1. The van der Waals surface area contributed by atoms with Crippen molar-refractivity contribution in [3.05, 3.63) is 72.3 Å². The molecule has 0 spiro atoms. The molecule has 3 aromatic carbocycles. The first kappa shape index (κ1) is 29.3. The summed E-state index contributed by atoms with van der Waals surface area (Å²) in [7, 11) is -1.32. The van der Waals surface area contributed by atoms with Crippen molar-refractivity contribution in [2.75, 3.05) is 38.3 Å². The Balaban J connectivity index is 1.83. The molecule has 208 valence electrons. The van der Waals surface area contributed by atoms with E-state index >= 15 is 0 Å². The van der Waals surface area contributed by atoms with Gasteiger partial charge in [-0.1, -0.05) is 6.92 Å². The Morgan fingerprint density at radius 2 is 1.54 bits per heavy atom. The van der Waals surface area contributed by atoms with E-state index in [9.17, 15) is 13.2 Å². The van der Waals surface area contributed by atoms with Crippen molar-refractivity contribution in [3.63, 3.8) is 0 Å². The van der Waals surface area contributed by atoms with Crippen LogP contribution in [0, 0.1) is 0 Å². The van der Waals surface area contributed by atoms with E-state index in [0.717, 1.165) is 22.0 Å². The first-order chi connectivity index (χ1) is 18.8. The number of carbonyl (C=O) groups is 1. The van der Waals surface area contributed by atoms with Crippen LogP contribution in [-0.4, -0.2) is 54.5 Å². The van der Waals surface area contributed by atoms with Crippen LogP contribution in [0.4, 0.5) is 5.69 Å². The van der Waals surface area contributed by atoms with Gasteiger partial charge in [0.25, 0.3) is 15.9 Å². The van der Waals surface area contributed by atoms with Gasteiger partial charge in [-0.15, -0.1) is 0 Å². The third-order valence-corrected chi connectivity index (χ3v) is 7.19. The van der Waals surface area contributed by atoms with Crippen LogP contribution in [0.3, 0.4) is 0 Å². The molecule has 0 unspecified atom stereocenters. The second-order valence-electron chi connectivity index (χ2n) is 8.17. The van der Waals surface area contributed by atoms with Crippen molar-refractivity contribution in [1.29, 1.82) is 0 Å². The third-order valence-electron chi connectivity index (χ3n) is 5.42. The fourth-order valence-corrected chi connectivity index (χ4v) is 4.95. The molecule has 3 rings (SSSR count). The number of hydrogen-bond acceptors (Lipinski definition) is 8. The number of ether oxygens (including phenoxy) is 4. The number of benzene rings is 3. The predicted octanol–water partition coefficient (Wildman–Crippen LogP) is 4.24. The van der Waals surface area contributed by atoms with Gasteiger partial charge in [0.05, 0.1) is 44.2 Å². The van der Waals surface area contributed by atoms with E-state index < -0.39 is 22.5 Å². The van der Waals surface area contributed by atoms with Crippen molar-refractivity contribution >= 4 is 27.8 Å². The average molecular weight is 556 g/mol. The number of amides is 1. The van der Waals surface area contributed by atoms with Gasteiger partial charge in [-0.25, -0.2) is 13.8 Å². The Bertz CT molecular complexity index is 1360. The standard InChI is InChI=1S/C28H33N3O7S/c1-5-17-38-24-11-7-21(8-12-24)19-29-30-28(32)20-31(22-9-13-23(14-10-22)37-6-2)39(33,34)25-15-16-26(35-3)27(18-25)36-4/h7-16,18-19H,5-6,17,20H2,1-4H3,(H,30,32)/b29-19-. The van der Waals surface area contributed by atoms with Crippen molar-refractivity contribution in [2.24, 2.45) is 5.10 Å². The topological polar surface area (TPSA) is 116 Å². The summed E-state index contributed by atoms with van der Waals surface area (Å²) in [5.41, 5.74) is 3.41. The molecule has 0 saturated carbocycles. The summed E-state index contributed by atoms with van der Waals surface area (Å²) in [4.78, 5) is 12.8. The summed E-state index contributed by atoms with van der Waals surface area (Å²) in [6.45, 7) is 4.44. The maximum atomic E-state index is 13.7. The average Bonchev–Trinajstić information content (AvgIpc) is 2.95. The lowest BCUT2D eigenvalue weighted by Crippen LogP contribution is -2.39. The van der Waals surface area contributed by atoms with Gasteiger partial charge < -0.3 is 18.9 Å². The van der Waals surface area contributed by atoms with Crippen LogP contribution in [-0.2, 0) is 14.8 Å². The Morgan fingerprint density at radius 3 is 2.15 bits per heavy atom. The zero-order valence-electron chi connectivity index (χ0n) is 22.4. The lowest BCUT2D eigenvalue weighted by molar-refractivity contribution is -0.119. The fourth-order valence-electron chi connectivity index (χ4n) is 3.51. The summed E-state index contributed by atoms with van der Waals surface area (Å²) in [6.07, 6.45) is 2.37. The number of hydrogen-bond donors (Lipinski definition) is 1. The SMILES string of the molecule is CCCOc1ccc(/C=N\NC(=O)CN(c2ccc(OCC)cc2)S(=O)(=O)c2ccc(OC)c(OC)c2)cc1. The van der Waals surface area contributed by atoms with Crippen LogP contribution in [0.15, 0.2) is 76.7 Å². The number of hydrazone groups is 1. The first-order valence-electron chi connectivity index (χ1n) is 12.3. The smallest absolute Gasteiger partial charge is 0.264 e. The lowest BCUT2D eigenvalue weighted by atomic mass is 10.2. The summed E-state index contributed by atoms with van der Waals surface area (Å²) >= 11 is 0. The number of nitrogens with one attached hydrogen (secondary N) is 1. The molecule has 39 heavy (non-hydrogen) atoms. The van der Waals surface area contributed by atoms with Gasteiger partial charge in [-0.2, -0.15) is 5.10 Å². The van der Waals surface area contributed by atoms with E-state index in [1.165, 1.54) is 38.6 Å². The van der Waals surface area contributed by atoms with E-state index in [0.29, 0.717) is 24.7 Å². The van der Waals surface area contributed by atoms with Crippen LogP contribution in [0.2, 0.25) is 0 Å². The molecule has 1 N–H and O–H groups in total. The molecule has 0 radical (unpaired) electrons. The maximum absolute atomic E-state index is 13.7. The molecule has 0 bridgehead atoms. The van der Waals surface area contributed by atoms with Crippen LogP contribution in [0.1, 0.15) is 25.8 Å². The molecule has 0 saturated heterocycles. The molecule has 0 fully saturated rings. The lowest BCUT2D eigenvalue weighted by Gasteiger charge is -2.24. The number of rotatable bonds is 14. The minimum absolute atomic E-state index is 0.0734. The van der Waals surface area contributed by atoms with Gasteiger partial charge in [0.1, 0.15) is 18.0 Å². The van der Waals surface area contributed by atoms with E-state index in [-0.39, 0.29) is 16.3 Å². The van der Waals surface area contributed by atoms with E-state index in [4.69, 9.17) is 18.9 Å². The zero-order valence-corrected chi connectivity index (χ0v) is 23.2. The van der Waals surface area contributed by atoms with Gasteiger partial charge in [0.15, 0.2) is 11.5 Å². The number of anilines is 1. The van der Waals surface area contributed by atoms with Gasteiger partial charge in [0.2, 0.25) is 0 Å². The summed E-state index contributed by atoms with van der Waals surface area (Å²) in [6, 6.07) is 17.9. The molecule has 0 aliphatic heterocycles. The van der Waals surface area contributed by atoms with Gasteiger partial charge in [-0.05, 0) is 79.6 Å². The summed E-state index contributed by atoms with van der Waals surface area (Å²) in [5, 5.41) is 3.98. The van der Waals surface area contributed by atoms with Crippen LogP contribution < -0.4 is 28.7 Å². The Morgan fingerprint density at radius 1 is 0.897 bits per heavy atom. The molecule has 0 aromatic heterocycles. The Labute approximate surface area is 229 Å². The molecule has 3 aromatic rings. The summed E-state index contributed by atoms with van der Waals surface area (Å²) < 4.78 is 49.9. The molecule has 1 amide bonds. The zero-order chi connectivity index (χ0) is 28.3. The first-order valence-corrected chi connectivity index (χ1v) is 13.8. The molecule has 0 aliphatic carbocycles. The van der Waals surface area contributed by atoms with Crippen molar-refractivity contribution in [3.8, 4) is 23.0 Å². The van der Waals surface area contributed by atoms with Crippen LogP contribution in [0.25, 0.3) is 0 Å². The fraction of sp³-hybridized carbons (Fsp3) is 0.286. The quantitative estimate of drug-likeness (QED) is 0.234. The highest BCUT2D eigenvalue weighted by molar-refractivity contribution is 7.92. The minimum Gasteiger partial charge on any atom is -0.494 e. The maximum Gasteiger partial charge on any atom is 0.264 e. The van der Waals surface area contributed by atoms with Crippen molar-refractivity contribution < 1.29 is 32.2 Å². The molecule has 0 heterocycles. The Hall–Kier alpha value is -4.25. The molecular weight excluding hydrogens is 522 g/mol. The van der Waals surface area contributed by atoms with E-state index in [2.05, 4.69) is 10.5 Å². The Kier molecular flexibility index (Phi) is 10.6. The van der Waals surface area contributed by atoms with Gasteiger partial charge >= 0.3 is 0 Å². The highest BCUT2D eigenvalue weighted by Gasteiger charge is 2.28. The van der Waals surface area contributed by atoms with E-state index in [1.54, 1.807) is 36.4 Å². The minimum atomic E-state index is -4.19. The van der Waals surface area contributed by atoms with Crippen LogP contribution >= 0.6 is 0 Å². The predicted molar refractivity (Wildman–Crippen MR) is 150 cm³/mol. The molecule has 11 heteroatoms. The monoisotopic (exact) mass is 555 g/mol. The van der Waals surface area contributed by atoms with E-state index in [1.807, 2.05) is 26.0 Å². The molecule has 0 atom stereocenters. The largest absolute Gasteiger partial charge is 0.494 e. The van der Waals surface area contributed by atoms with Gasteiger partial charge in [0, 0.05) is 6.07 Å². The second kappa shape index (κ2) is 14.1. The van der Waals surface area contributed by atoms with Crippen LogP contribution in [0.5, 0.6) is 23.0 Å². The second-order valence-corrected chi connectivity index (χ2v) is 10.0.